The Bertz CT molecular complexity index is 890. The van der Waals surface area contributed by atoms with E-state index in [1.54, 1.807) is 0 Å². The average Bonchev–Trinajstić information content (AvgIpc) is 3.64. The van der Waals surface area contributed by atoms with Gasteiger partial charge in [0.05, 0.1) is 5.57 Å². The van der Waals surface area contributed by atoms with Crippen molar-refractivity contribution in [3.05, 3.63) is 54.1 Å². The monoisotopic (exact) mass is 420 g/mol. The van der Waals surface area contributed by atoms with Gasteiger partial charge in [-0.3, -0.25) is 4.79 Å². The minimum Gasteiger partial charge on any atom is -0.488 e. The number of ether oxygens (including phenoxy) is 1. The van der Waals surface area contributed by atoms with Crippen molar-refractivity contribution in [2.45, 2.75) is 70.4 Å². The third-order valence-corrected chi connectivity index (χ3v) is 6.55. The lowest BCUT2D eigenvalue weighted by atomic mass is 10.0. The second-order valence-electron chi connectivity index (χ2n) is 9.01. The normalized spacial score (nSPS) is 18.3. The summed E-state index contributed by atoms with van der Waals surface area (Å²) in [5, 5.41) is 5.54. The smallest absolute Gasteiger partial charge is 0.250 e. The van der Waals surface area contributed by atoms with Gasteiger partial charge in [0.1, 0.15) is 12.4 Å². The fourth-order valence-corrected chi connectivity index (χ4v) is 4.49. The number of nitrogens with zero attached hydrogens (tertiary/aromatic N) is 1. The number of fused-ring (bicyclic) bond motifs is 1. The number of carbonyl (C=O) groups excluding carboxylic acids is 1. The highest BCUT2D eigenvalue weighted by molar-refractivity contribution is 5.94. The van der Waals surface area contributed by atoms with Gasteiger partial charge in [0, 0.05) is 30.6 Å². The Hall–Kier alpha value is -2.33. The highest BCUT2D eigenvalue weighted by atomic mass is 16.5. The van der Waals surface area contributed by atoms with Crippen molar-refractivity contribution in [1.29, 1.82) is 0 Å². The van der Waals surface area contributed by atoms with E-state index in [9.17, 15) is 4.79 Å². The molecular formula is C27H36N2O2. The molecule has 1 saturated heterocycles. The van der Waals surface area contributed by atoms with E-state index in [1.165, 1.54) is 25.7 Å². The summed E-state index contributed by atoms with van der Waals surface area (Å²) < 4.78 is 6.17. The molecule has 4 heteroatoms. The first kappa shape index (κ1) is 21.9. The molecule has 1 aliphatic carbocycles. The number of benzene rings is 2. The fourth-order valence-electron chi connectivity index (χ4n) is 4.49. The van der Waals surface area contributed by atoms with Gasteiger partial charge in [0.2, 0.25) is 0 Å². The molecule has 2 aliphatic rings. The molecule has 4 nitrogen and oxygen atoms in total. The van der Waals surface area contributed by atoms with E-state index < -0.39 is 0 Å². The second-order valence-corrected chi connectivity index (χ2v) is 9.01. The van der Waals surface area contributed by atoms with E-state index in [2.05, 4.69) is 41.4 Å². The lowest BCUT2D eigenvalue weighted by Gasteiger charge is -2.32. The van der Waals surface area contributed by atoms with Crippen molar-refractivity contribution >= 4 is 16.7 Å². The van der Waals surface area contributed by atoms with Crippen molar-refractivity contribution in [2.24, 2.45) is 0 Å². The van der Waals surface area contributed by atoms with Gasteiger partial charge in [-0.25, -0.2) is 0 Å². The van der Waals surface area contributed by atoms with Crippen LogP contribution >= 0.6 is 0 Å². The van der Waals surface area contributed by atoms with Crippen LogP contribution in [0.3, 0.4) is 0 Å². The van der Waals surface area contributed by atoms with Gasteiger partial charge in [0.25, 0.3) is 5.91 Å². The molecule has 0 atom stereocenters. The molecule has 0 bridgehead atoms. The van der Waals surface area contributed by atoms with Crippen LogP contribution < -0.4 is 10.1 Å². The molecule has 2 aromatic rings. The maximum Gasteiger partial charge on any atom is 0.250 e. The summed E-state index contributed by atoms with van der Waals surface area (Å²) in [4.78, 5) is 15.7. The zero-order chi connectivity index (χ0) is 21.5. The first-order chi connectivity index (χ1) is 15.2. The molecule has 1 heterocycles. The Kier molecular flexibility index (Phi) is 7.63. The Balaban J connectivity index is 1.38. The van der Waals surface area contributed by atoms with E-state index in [1.807, 2.05) is 24.3 Å². The number of unbranched alkanes of at least 4 members (excludes halogenated alkanes) is 3. The molecule has 166 valence electrons. The quantitative estimate of drug-likeness (QED) is 0.409. The largest absolute Gasteiger partial charge is 0.488 e. The van der Waals surface area contributed by atoms with Crippen LogP contribution in [0.25, 0.3) is 10.8 Å². The Morgan fingerprint density at radius 2 is 1.84 bits per heavy atom. The van der Waals surface area contributed by atoms with Crippen LogP contribution in [0, 0.1) is 0 Å². The molecule has 1 aliphatic heterocycles. The summed E-state index contributed by atoms with van der Waals surface area (Å²) in [6.45, 7) is 4.73. The molecule has 1 amide bonds. The average molecular weight is 421 g/mol. The Morgan fingerprint density at radius 1 is 1.06 bits per heavy atom. The summed E-state index contributed by atoms with van der Waals surface area (Å²) in [6, 6.07) is 15.4. The summed E-state index contributed by atoms with van der Waals surface area (Å²) in [6.07, 6.45) is 11.3. The number of allylic oxidation sites excluding steroid dienone is 1. The third kappa shape index (κ3) is 6.10. The van der Waals surface area contributed by atoms with Crippen LogP contribution in [0.5, 0.6) is 5.75 Å². The zero-order valence-electron chi connectivity index (χ0n) is 18.8. The molecule has 1 saturated carbocycles. The third-order valence-electron chi connectivity index (χ3n) is 6.55. The Morgan fingerprint density at radius 3 is 2.61 bits per heavy atom. The maximum absolute atomic E-state index is 13.1. The predicted octanol–water partition coefficient (Wildman–Crippen LogP) is 5.47. The second kappa shape index (κ2) is 10.8. The maximum atomic E-state index is 13.1. The SMILES string of the molecule is CCCCC/C=C(\COc1cccc2ccccc12)C(=O)NC1CCN(C2CC2)CC1. The van der Waals surface area contributed by atoms with Gasteiger partial charge in [-0.15, -0.1) is 0 Å². The number of amides is 1. The van der Waals surface area contributed by atoms with E-state index in [0.29, 0.717) is 6.61 Å². The number of carbonyl (C=O) groups is 1. The fraction of sp³-hybridized carbons (Fsp3) is 0.519. The molecule has 1 N–H and O–H groups in total. The molecule has 0 unspecified atom stereocenters. The van der Waals surface area contributed by atoms with Crippen molar-refractivity contribution in [1.82, 2.24) is 10.2 Å². The van der Waals surface area contributed by atoms with E-state index in [0.717, 1.165) is 66.9 Å². The highest BCUT2D eigenvalue weighted by Gasteiger charge is 2.32. The highest BCUT2D eigenvalue weighted by Crippen LogP contribution is 2.29. The summed E-state index contributed by atoms with van der Waals surface area (Å²) in [5.74, 6) is 0.879. The lowest BCUT2D eigenvalue weighted by molar-refractivity contribution is -0.118. The van der Waals surface area contributed by atoms with Crippen molar-refractivity contribution < 1.29 is 9.53 Å². The molecule has 2 fully saturated rings. The summed E-state index contributed by atoms with van der Waals surface area (Å²) in [5.41, 5.74) is 0.758. The van der Waals surface area contributed by atoms with E-state index >= 15 is 0 Å². The van der Waals surface area contributed by atoms with Gasteiger partial charge < -0.3 is 15.0 Å². The number of hydrogen-bond acceptors (Lipinski definition) is 3. The summed E-state index contributed by atoms with van der Waals surface area (Å²) >= 11 is 0. The number of hydrogen-bond donors (Lipinski definition) is 1. The molecule has 0 spiro atoms. The number of likely N-dealkylation sites (tertiary alicyclic amines) is 1. The molecular weight excluding hydrogens is 384 g/mol. The predicted molar refractivity (Wildman–Crippen MR) is 127 cm³/mol. The van der Waals surface area contributed by atoms with E-state index in [4.69, 9.17) is 4.74 Å². The molecule has 0 aromatic heterocycles. The van der Waals surface area contributed by atoms with E-state index in [-0.39, 0.29) is 11.9 Å². The van der Waals surface area contributed by atoms with Crippen molar-refractivity contribution in [2.75, 3.05) is 19.7 Å². The molecule has 2 aromatic carbocycles. The van der Waals surface area contributed by atoms with Crippen LogP contribution in [-0.4, -0.2) is 42.6 Å². The standard InChI is InChI=1S/C27H36N2O2/c1-2-3-4-5-10-22(20-31-26-13-8-11-21-9-6-7-12-25(21)26)27(30)28-23-16-18-29(19-17-23)24-14-15-24/h6-13,23-24H,2-5,14-20H2,1H3,(H,28,30)/b22-10+. The minimum absolute atomic E-state index is 0.0432. The van der Waals surface area contributed by atoms with Gasteiger partial charge >= 0.3 is 0 Å². The van der Waals surface area contributed by atoms with Crippen LogP contribution in [0.1, 0.15) is 58.3 Å². The Labute approximate surface area is 186 Å². The van der Waals surface area contributed by atoms with Gasteiger partial charge in [-0.05, 0) is 50.0 Å². The molecule has 0 radical (unpaired) electrons. The van der Waals surface area contributed by atoms with Crippen molar-refractivity contribution in [3.8, 4) is 5.75 Å². The van der Waals surface area contributed by atoms with Crippen LogP contribution in [0.4, 0.5) is 0 Å². The number of nitrogens with one attached hydrogen (secondary N) is 1. The molecule has 31 heavy (non-hydrogen) atoms. The van der Waals surface area contributed by atoms with Gasteiger partial charge in [0.15, 0.2) is 0 Å². The van der Waals surface area contributed by atoms with Gasteiger partial charge in [-0.1, -0.05) is 62.2 Å². The first-order valence-corrected chi connectivity index (χ1v) is 12.1. The lowest BCUT2D eigenvalue weighted by Crippen LogP contribution is -2.46. The van der Waals surface area contributed by atoms with Crippen LogP contribution in [-0.2, 0) is 4.79 Å². The number of piperidine rings is 1. The van der Waals surface area contributed by atoms with Crippen molar-refractivity contribution in [3.63, 3.8) is 0 Å². The van der Waals surface area contributed by atoms with Crippen LogP contribution in [0.15, 0.2) is 54.1 Å². The van der Waals surface area contributed by atoms with Crippen LogP contribution in [0.2, 0.25) is 0 Å². The summed E-state index contributed by atoms with van der Waals surface area (Å²) in [7, 11) is 0. The zero-order valence-corrected chi connectivity index (χ0v) is 18.8. The minimum atomic E-state index is 0.0432. The van der Waals surface area contributed by atoms with Gasteiger partial charge in [-0.2, -0.15) is 0 Å². The number of rotatable bonds is 10. The topological polar surface area (TPSA) is 41.6 Å². The first-order valence-electron chi connectivity index (χ1n) is 12.1. The molecule has 4 rings (SSSR count).